The monoisotopic (exact) mass is 363 g/mol. The molecule has 0 radical (unpaired) electrons. The maximum absolute atomic E-state index is 12.8. The van der Waals surface area contributed by atoms with Gasteiger partial charge in [0.2, 0.25) is 0 Å². The molecule has 2 heterocycles. The number of nitrogens with zero attached hydrogens (tertiary/aromatic N) is 1. The summed E-state index contributed by atoms with van der Waals surface area (Å²) in [6.45, 7) is 0.559. The number of benzene rings is 2. The molecule has 3 nitrogen and oxygen atoms in total. The molecule has 106 valence electrons. The molecule has 0 aliphatic carbocycles. The van der Waals surface area contributed by atoms with E-state index in [9.17, 15) is 8.42 Å². The Morgan fingerprint density at radius 2 is 1.71 bits per heavy atom. The molecule has 4 rings (SSSR count). The summed E-state index contributed by atoms with van der Waals surface area (Å²) >= 11 is 0.0190. The average Bonchev–Trinajstić information content (AvgIpc) is 2.89. The summed E-state index contributed by atoms with van der Waals surface area (Å²) in [5.74, 6) is 0.199. The summed E-state index contributed by atoms with van der Waals surface area (Å²) in [6.07, 6.45) is 2.14. The fourth-order valence-corrected chi connectivity index (χ4v) is 7.27. The number of rotatable bonds is 2. The Balaban J connectivity index is 1.77. The molecule has 0 saturated heterocycles. The van der Waals surface area contributed by atoms with Crippen LogP contribution in [-0.4, -0.2) is 34.2 Å². The molecule has 2 aromatic carbocycles. The molecule has 0 aromatic heterocycles. The van der Waals surface area contributed by atoms with Gasteiger partial charge in [-0.15, -0.1) is 0 Å². The first-order valence-electron chi connectivity index (χ1n) is 6.73. The second-order valence-corrected chi connectivity index (χ2v) is 9.23. The van der Waals surface area contributed by atoms with Crippen LogP contribution in [0.15, 0.2) is 70.2 Å². The zero-order valence-electron chi connectivity index (χ0n) is 11.1. The predicted octanol–water partition coefficient (Wildman–Crippen LogP) is 1.66. The van der Waals surface area contributed by atoms with Crippen LogP contribution in [0.1, 0.15) is 11.5 Å². The minimum atomic E-state index is -3.38. The Kier molecular flexibility index (Phi) is 2.96. The van der Waals surface area contributed by atoms with E-state index in [2.05, 4.69) is 18.2 Å². The van der Waals surface area contributed by atoms with Crippen LogP contribution in [-0.2, 0) is 10.0 Å². The summed E-state index contributed by atoms with van der Waals surface area (Å²) in [5, 5.41) is 0. The van der Waals surface area contributed by atoms with Crippen LogP contribution >= 0.6 is 0 Å². The predicted molar refractivity (Wildman–Crippen MR) is 83.0 cm³/mol. The van der Waals surface area contributed by atoms with Gasteiger partial charge in [-0.2, -0.15) is 0 Å². The van der Waals surface area contributed by atoms with E-state index in [4.69, 9.17) is 0 Å². The molecule has 1 unspecified atom stereocenters. The van der Waals surface area contributed by atoms with E-state index in [1.54, 1.807) is 16.4 Å². The second kappa shape index (κ2) is 4.73. The molecular formula is C16H13NO2SSe. The first-order chi connectivity index (χ1) is 10.2. The van der Waals surface area contributed by atoms with Gasteiger partial charge in [0.1, 0.15) is 0 Å². The third-order valence-electron chi connectivity index (χ3n) is 3.80. The van der Waals surface area contributed by atoms with E-state index in [0.29, 0.717) is 11.4 Å². The normalized spacial score (nSPS) is 21.8. The van der Waals surface area contributed by atoms with Crippen molar-refractivity contribution >= 4 is 29.4 Å². The van der Waals surface area contributed by atoms with Crippen molar-refractivity contribution in [2.45, 2.75) is 10.8 Å². The van der Waals surface area contributed by atoms with Gasteiger partial charge < -0.3 is 0 Å². The van der Waals surface area contributed by atoms with E-state index in [1.165, 1.54) is 4.46 Å². The van der Waals surface area contributed by atoms with Crippen molar-refractivity contribution in [3.8, 4) is 0 Å². The van der Waals surface area contributed by atoms with Crippen LogP contribution < -0.4 is 4.46 Å². The van der Waals surface area contributed by atoms with Gasteiger partial charge in [0.25, 0.3) is 0 Å². The van der Waals surface area contributed by atoms with E-state index in [-0.39, 0.29) is 20.9 Å². The number of sulfonamides is 1. The molecule has 2 bridgehead atoms. The third kappa shape index (κ3) is 2.04. The first kappa shape index (κ1) is 13.1. The Bertz CT molecular complexity index is 830. The summed E-state index contributed by atoms with van der Waals surface area (Å²) in [6, 6.07) is 17.5. The number of hydrogen-bond acceptors (Lipinski definition) is 2. The van der Waals surface area contributed by atoms with Crippen molar-refractivity contribution in [3.63, 3.8) is 0 Å². The Morgan fingerprint density at radius 3 is 2.52 bits per heavy atom. The maximum atomic E-state index is 12.8. The molecule has 0 N–H and O–H groups in total. The molecule has 2 aliphatic rings. The summed E-state index contributed by atoms with van der Waals surface area (Å²) < 4.78 is 29.3. The SMILES string of the molecule is O=S1(=O)c2ccccc2C2C=C([Se]c3ccccc3)N1C2. The molecule has 2 aromatic rings. The van der Waals surface area contributed by atoms with Crippen molar-refractivity contribution in [2.75, 3.05) is 6.54 Å². The van der Waals surface area contributed by atoms with Gasteiger partial charge in [0, 0.05) is 0 Å². The molecule has 0 amide bonds. The Morgan fingerprint density at radius 1 is 1.00 bits per heavy atom. The molecule has 0 fully saturated rings. The van der Waals surface area contributed by atoms with Crippen LogP contribution in [0.3, 0.4) is 0 Å². The zero-order valence-corrected chi connectivity index (χ0v) is 13.7. The van der Waals surface area contributed by atoms with Crippen LogP contribution in [0.4, 0.5) is 0 Å². The second-order valence-electron chi connectivity index (χ2n) is 5.10. The van der Waals surface area contributed by atoms with Crippen LogP contribution in [0.25, 0.3) is 0 Å². The third-order valence-corrected chi connectivity index (χ3v) is 8.17. The summed E-state index contributed by atoms with van der Waals surface area (Å²) in [7, 11) is -3.38. The van der Waals surface area contributed by atoms with Gasteiger partial charge >= 0.3 is 130 Å². The Labute approximate surface area is 130 Å². The van der Waals surface area contributed by atoms with E-state index in [0.717, 1.165) is 10.2 Å². The van der Waals surface area contributed by atoms with Crippen molar-refractivity contribution in [3.05, 3.63) is 70.8 Å². The van der Waals surface area contributed by atoms with Crippen LogP contribution in [0, 0.1) is 0 Å². The van der Waals surface area contributed by atoms with Gasteiger partial charge in [-0.3, -0.25) is 0 Å². The van der Waals surface area contributed by atoms with Crippen molar-refractivity contribution in [1.82, 2.24) is 4.31 Å². The quantitative estimate of drug-likeness (QED) is 0.762. The van der Waals surface area contributed by atoms with Crippen molar-refractivity contribution in [1.29, 1.82) is 0 Å². The molecule has 1 atom stereocenters. The molecule has 0 saturated carbocycles. The van der Waals surface area contributed by atoms with Gasteiger partial charge in [-0.1, -0.05) is 0 Å². The molecule has 5 heteroatoms. The van der Waals surface area contributed by atoms with E-state index < -0.39 is 10.0 Å². The average molecular weight is 362 g/mol. The van der Waals surface area contributed by atoms with Crippen LogP contribution in [0.2, 0.25) is 0 Å². The summed E-state index contributed by atoms with van der Waals surface area (Å²) in [5.41, 5.74) is 0.938. The standard InChI is InChI=1S/C16H13NO2SSe/c18-20(19)15-9-5-4-8-14(15)12-10-16(17(20)11-12)21-13-6-2-1-3-7-13/h1-10,12H,11H2. The minimum absolute atomic E-state index is 0.0190. The topological polar surface area (TPSA) is 37.4 Å². The number of fused-ring (bicyclic) bond motifs is 4. The van der Waals surface area contributed by atoms with Crippen LogP contribution in [0.5, 0.6) is 0 Å². The number of hydrogen-bond donors (Lipinski definition) is 0. The van der Waals surface area contributed by atoms with Crippen molar-refractivity contribution < 1.29 is 8.42 Å². The molecule has 2 aliphatic heterocycles. The van der Waals surface area contributed by atoms with Gasteiger partial charge in [0.15, 0.2) is 0 Å². The molecule has 21 heavy (non-hydrogen) atoms. The van der Waals surface area contributed by atoms with Gasteiger partial charge in [-0.05, 0) is 0 Å². The fraction of sp³-hybridized carbons (Fsp3) is 0.125. The molecule has 0 spiro atoms. The van der Waals surface area contributed by atoms with Gasteiger partial charge in [-0.25, -0.2) is 0 Å². The molecular weight excluding hydrogens is 349 g/mol. The zero-order chi connectivity index (χ0) is 14.4. The van der Waals surface area contributed by atoms with E-state index >= 15 is 0 Å². The fourth-order valence-electron chi connectivity index (χ4n) is 2.82. The van der Waals surface area contributed by atoms with E-state index in [1.807, 2.05) is 30.3 Å². The Hall–Kier alpha value is -1.55. The van der Waals surface area contributed by atoms with Gasteiger partial charge in [0.05, 0.1) is 0 Å². The van der Waals surface area contributed by atoms with Crippen molar-refractivity contribution in [2.24, 2.45) is 0 Å². The first-order valence-corrected chi connectivity index (χ1v) is 9.88. The summed E-state index contributed by atoms with van der Waals surface area (Å²) in [4.78, 5) is 0.469.